The highest BCUT2D eigenvalue weighted by Crippen LogP contribution is 2.47. The Morgan fingerprint density at radius 2 is 0.692 bits per heavy atom. The standard InChI is InChI=1S/C60H42N2O2S/c1-37-17-3-11-27-51(37)61(53-29-15-25-45-43-21-9-13-31-55(43)63-57(45)53)35-39-33-49-50-34-40(42-20-6-8-24-48(42)60(50)65-59(49)47-23-7-5-19-41(39)47)36-62(52-28-12-4-18-38(52)2)54-30-16-26-46-44-22-10-14-32-56(44)64-58(46)54/h3-34H,35-36H2,1-2H3. The van der Waals surface area contributed by atoms with Crippen molar-refractivity contribution in [3.05, 3.63) is 216 Å². The molecule has 0 saturated heterocycles. The van der Waals surface area contributed by atoms with Crippen LogP contribution in [-0.4, -0.2) is 0 Å². The number of para-hydroxylation sites is 6. The Labute approximate surface area is 379 Å². The number of fused-ring (bicyclic) bond motifs is 13. The number of hydrogen-bond acceptors (Lipinski definition) is 5. The monoisotopic (exact) mass is 854 g/mol. The molecule has 0 aliphatic heterocycles. The third-order valence-electron chi connectivity index (χ3n) is 13.5. The number of hydrogen-bond donors (Lipinski definition) is 0. The van der Waals surface area contributed by atoms with Crippen molar-refractivity contribution in [3.63, 3.8) is 0 Å². The van der Waals surface area contributed by atoms with Crippen LogP contribution in [0.15, 0.2) is 203 Å². The van der Waals surface area contributed by atoms with Gasteiger partial charge >= 0.3 is 0 Å². The molecule has 0 radical (unpaired) electrons. The Morgan fingerprint density at radius 3 is 1.14 bits per heavy atom. The zero-order valence-corrected chi connectivity index (χ0v) is 36.8. The first-order chi connectivity index (χ1) is 32.1. The number of furan rings is 2. The third-order valence-corrected chi connectivity index (χ3v) is 14.8. The molecule has 13 rings (SSSR count). The summed E-state index contributed by atoms with van der Waals surface area (Å²) in [7, 11) is 0. The minimum Gasteiger partial charge on any atom is -0.454 e. The van der Waals surface area contributed by atoms with E-state index >= 15 is 0 Å². The average molecular weight is 855 g/mol. The summed E-state index contributed by atoms with van der Waals surface area (Å²) >= 11 is 1.92. The van der Waals surface area contributed by atoms with Gasteiger partial charge in [-0.2, -0.15) is 0 Å². The maximum Gasteiger partial charge on any atom is 0.159 e. The van der Waals surface area contributed by atoms with Crippen LogP contribution in [0.1, 0.15) is 22.3 Å². The molecule has 0 saturated carbocycles. The highest BCUT2D eigenvalue weighted by atomic mass is 32.1. The number of thiophene rings is 1. The highest BCUT2D eigenvalue weighted by Gasteiger charge is 2.24. The molecule has 310 valence electrons. The average Bonchev–Trinajstić information content (AvgIpc) is 4.05. The van der Waals surface area contributed by atoms with Crippen molar-refractivity contribution in [2.75, 3.05) is 9.80 Å². The normalized spacial score (nSPS) is 12.0. The zero-order chi connectivity index (χ0) is 43.2. The Kier molecular flexibility index (Phi) is 8.62. The van der Waals surface area contributed by atoms with Gasteiger partial charge in [-0.25, -0.2) is 0 Å². The maximum atomic E-state index is 6.71. The largest absolute Gasteiger partial charge is 0.454 e. The smallest absolute Gasteiger partial charge is 0.159 e. The Morgan fingerprint density at radius 1 is 0.338 bits per heavy atom. The van der Waals surface area contributed by atoms with Gasteiger partial charge in [-0.1, -0.05) is 146 Å². The van der Waals surface area contributed by atoms with E-state index in [0.29, 0.717) is 13.1 Å². The van der Waals surface area contributed by atoms with Gasteiger partial charge < -0.3 is 18.6 Å². The molecule has 3 heterocycles. The van der Waals surface area contributed by atoms with E-state index in [1.807, 2.05) is 23.5 Å². The highest BCUT2D eigenvalue weighted by molar-refractivity contribution is 7.27. The summed E-state index contributed by atoms with van der Waals surface area (Å²) in [5.74, 6) is 0. The number of anilines is 4. The van der Waals surface area contributed by atoms with E-state index in [4.69, 9.17) is 8.83 Å². The predicted molar refractivity (Wildman–Crippen MR) is 276 cm³/mol. The van der Waals surface area contributed by atoms with E-state index in [1.54, 1.807) is 0 Å². The summed E-state index contributed by atoms with van der Waals surface area (Å²) < 4.78 is 16.0. The van der Waals surface area contributed by atoms with Crippen LogP contribution in [0.4, 0.5) is 22.7 Å². The molecule has 0 fully saturated rings. The predicted octanol–water partition coefficient (Wildman–Crippen LogP) is 17.5. The summed E-state index contributed by atoms with van der Waals surface area (Å²) in [5, 5.41) is 12.1. The van der Waals surface area contributed by atoms with E-state index in [-0.39, 0.29) is 0 Å². The first-order valence-electron chi connectivity index (χ1n) is 22.3. The second kappa shape index (κ2) is 14.9. The van der Waals surface area contributed by atoms with Gasteiger partial charge in [0.05, 0.1) is 11.4 Å². The Balaban J connectivity index is 1.03. The molecule has 0 amide bonds. The fourth-order valence-corrected chi connectivity index (χ4v) is 11.7. The van der Waals surface area contributed by atoms with Gasteiger partial charge in [0.15, 0.2) is 11.2 Å². The van der Waals surface area contributed by atoms with E-state index in [2.05, 4.69) is 206 Å². The first kappa shape index (κ1) is 37.7. The van der Waals surface area contributed by atoms with Crippen LogP contribution in [0.2, 0.25) is 0 Å². The number of aryl methyl sites for hydroxylation is 2. The number of nitrogens with zero attached hydrogens (tertiary/aromatic N) is 2. The summed E-state index contributed by atoms with van der Waals surface area (Å²) in [5.41, 5.74) is 12.9. The van der Waals surface area contributed by atoms with Crippen molar-refractivity contribution in [1.29, 1.82) is 0 Å². The van der Waals surface area contributed by atoms with E-state index in [9.17, 15) is 0 Å². The van der Waals surface area contributed by atoms with E-state index in [1.165, 1.54) is 64.0 Å². The molecule has 65 heavy (non-hydrogen) atoms. The number of rotatable bonds is 8. The lowest BCUT2D eigenvalue weighted by Crippen LogP contribution is -2.18. The summed E-state index contributed by atoms with van der Waals surface area (Å²) in [6, 6.07) is 70.2. The zero-order valence-electron chi connectivity index (χ0n) is 36.0. The van der Waals surface area contributed by atoms with Crippen molar-refractivity contribution < 1.29 is 8.83 Å². The van der Waals surface area contributed by atoms with Crippen LogP contribution in [-0.2, 0) is 13.1 Å². The van der Waals surface area contributed by atoms with Crippen LogP contribution >= 0.6 is 11.3 Å². The van der Waals surface area contributed by atoms with Gasteiger partial charge in [-0.15, -0.1) is 11.3 Å². The lowest BCUT2D eigenvalue weighted by molar-refractivity contribution is 0.667. The summed E-state index contributed by atoms with van der Waals surface area (Å²) in [4.78, 5) is 4.92. The van der Waals surface area contributed by atoms with Crippen molar-refractivity contribution in [3.8, 4) is 0 Å². The molecule has 10 aromatic carbocycles. The van der Waals surface area contributed by atoms with Crippen LogP contribution in [0.25, 0.3) is 85.6 Å². The van der Waals surface area contributed by atoms with Gasteiger partial charge in [0.2, 0.25) is 0 Å². The van der Waals surface area contributed by atoms with Gasteiger partial charge in [-0.05, 0) is 106 Å². The first-order valence-corrected chi connectivity index (χ1v) is 23.1. The van der Waals surface area contributed by atoms with E-state index < -0.39 is 0 Å². The molecule has 0 unspecified atom stereocenters. The van der Waals surface area contributed by atoms with Crippen LogP contribution in [0.3, 0.4) is 0 Å². The fourth-order valence-electron chi connectivity index (χ4n) is 10.4. The topological polar surface area (TPSA) is 32.8 Å². The van der Waals surface area contributed by atoms with Gasteiger partial charge in [-0.3, -0.25) is 0 Å². The molecule has 3 aromatic heterocycles. The fraction of sp³-hybridized carbons (Fsp3) is 0.0667. The minimum absolute atomic E-state index is 0.651. The van der Waals surface area contributed by atoms with Crippen molar-refractivity contribution in [1.82, 2.24) is 0 Å². The van der Waals surface area contributed by atoms with Crippen LogP contribution in [0, 0.1) is 13.8 Å². The molecular weight excluding hydrogens is 813 g/mol. The molecular formula is C60H42N2O2S. The molecule has 0 aliphatic carbocycles. The Hall–Kier alpha value is -7.86. The lowest BCUT2D eigenvalue weighted by atomic mass is 9.96. The summed E-state index contributed by atoms with van der Waals surface area (Å²) in [6.07, 6.45) is 0. The van der Waals surface area contributed by atoms with Crippen molar-refractivity contribution in [2.24, 2.45) is 0 Å². The number of benzene rings is 10. The van der Waals surface area contributed by atoms with Crippen LogP contribution in [0.5, 0.6) is 0 Å². The summed E-state index contributed by atoms with van der Waals surface area (Å²) in [6.45, 7) is 5.71. The third kappa shape index (κ3) is 5.96. The Bertz CT molecular complexity index is 3760. The minimum atomic E-state index is 0.651. The van der Waals surface area contributed by atoms with Crippen molar-refractivity contribution in [2.45, 2.75) is 26.9 Å². The molecule has 0 spiro atoms. The molecule has 0 bridgehead atoms. The lowest BCUT2D eigenvalue weighted by Gasteiger charge is -2.28. The SMILES string of the molecule is Cc1ccccc1N(Cc1cc2c3cc(CN(c4ccccc4C)c4cccc5c4oc4ccccc45)c4ccccc4c3sc2c2ccccc12)c1cccc2c1oc1ccccc12. The van der Waals surface area contributed by atoms with E-state index in [0.717, 1.165) is 66.6 Å². The second-order valence-corrected chi connectivity index (χ2v) is 18.3. The van der Waals surface area contributed by atoms with Gasteiger partial charge in [0.1, 0.15) is 11.2 Å². The quantitative estimate of drug-likeness (QED) is 0.152. The molecule has 4 nitrogen and oxygen atoms in total. The van der Waals surface area contributed by atoms with Gasteiger partial charge in [0, 0.05) is 66.2 Å². The van der Waals surface area contributed by atoms with Gasteiger partial charge in [0.25, 0.3) is 0 Å². The maximum absolute atomic E-state index is 6.71. The molecule has 0 atom stereocenters. The van der Waals surface area contributed by atoms with Crippen LogP contribution < -0.4 is 9.80 Å². The molecule has 13 aromatic rings. The van der Waals surface area contributed by atoms with Crippen molar-refractivity contribution >= 4 is 120 Å². The molecule has 5 heteroatoms. The second-order valence-electron chi connectivity index (χ2n) is 17.3. The molecule has 0 N–H and O–H groups in total. The molecule has 0 aliphatic rings.